The molecule has 5 aliphatic heterocycles. The molecule has 10 rings (SSSR count). The number of unbranched alkanes of at least 4 members (excludes halogenated alkanes) is 4. The number of ether oxygens (including phenoxy) is 5. The predicted molar refractivity (Wildman–Crippen MR) is 373 cm³/mol. The van der Waals surface area contributed by atoms with Gasteiger partial charge in [0.1, 0.15) is 0 Å². The first-order valence-corrected chi connectivity index (χ1v) is 32.8. The SMILES string of the molecule is CC(C)OC(=O)N1C=CC(c2ccccc2)C=C1.CCCCCCOC(=O)N1C=CC(c2ccccc2)C=C1.CCCCOC(=O)N1C=CC(c2ccccc2)C=C1.CCCOC(=O)N1C=CC(c2ccccc2)C=C1.CCCOC(=O)N1C=CC(c2ccccc2)C=C1. The summed E-state index contributed by atoms with van der Waals surface area (Å²) in [7, 11) is 0. The fourth-order valence-corrected chi connectivity index (χ4v) is 9.45. The predicted octanol–water partition coefficient (Wildman–Crippen LogP) is 19.9. The summed E-state index contributed by atoms with van der Waals surface area (Å²) >= 11 is 0. The van der Waals surface area contributed by atoms with Gasteiger partial charge in [-0.25, -0.2) is 24.0 Å². The maximum Gasteiger partial charge on any atom is 0.418 e. The van der Waals surface area contributed by atoms with E-state index in [4.69, 9.17) is 23.7 Å². The van der Waals surface area contributed by atoms with E-state index in [0.717, 1.165) is 38.5 Å². The third-order valence-electron chi connectivity index (χ3n) is 14.7. The standard InChI is InChI=1S/C18H23NO2.C16H19NO2.3C15H17NO2/c1-2-3-4-8-15-21-18(20)19-13-11-17(12-14-19)16-9-6-5-7-10-16;1-2-3-13-19-16(18)17-11-9-15(10-12-17)14-7-5-4-6-8-14;1-12(2)18-15(17)16-10-8-14(9-11-16)13-6-4-3-5-7-13;2*1-2-12-18-15(17)16-10-8-14(9-11-16)13-6-4-3-5-7-13/h5-7,9-14,17H,2-4,8,15H2,1H3;4-12,15H,2-3,13H2,1H3;3-12,14H,1-2H3;2*3-11,14H,2,12H2,1H3. The van der Waals surface area contributed by atoms with E-state index in [9.17, 15) is 24.0 Å². The highest BCUT2D eigenvalue weighted by Gasteiger charge is 2.20. The molecule has 0 atom stereocenters. The summed E-state index contributed by atoms with van der Waals surface area (Å²) in [4.78, 5) is 65.8. The van der Waals surface area contributed by atoms with Crippen LogP contribution in [0.5, 0.6) is 0 Å². The zero-order valence-corrected chi connectivity index (χ0v) is 55.2. The lowest BCUT2D eigenvalue weighted by Gasteiger charge is -2.21. The molecule has 0 spiro atoms. The molecule has 494 valence electrons. The van der Waals surface area contributed by atoms with Crippen molar-refractivity contribution in [3.05, 3.63) is 302 Å². The van der Waals surface area contributed by atoms with E-state index in [0.29, 0.717) is 26.4 Å². The maximum absolute atomic E-state index is 11.9. The van der Waals surface area contributed by atoms with Gasteiger partial charge >= 0.3 is 30.5 Å². The first kappa shape index (κ1) is 72.9. The van der Waals surface area contributed by atoms with Gasteiger partial charge in [0, 0.05) is 91.6 Å². The van der Waals surface area contributed by atoms with Gasteiger partial charge in [0.25, 0.3) is 0 Å². The van der Waals surface area contributed by atoms with Gasteiger partial charge in [0.15, 0.2) is 0 Å². The van der Waals surface area contributed by atoms with Gasteiger partial charge in [-0.2, -0.15) is 0 Å². The summed E-state index contributed by atoms with van der Waals surface area (Å²) in [6.45, 7) is 13.7. The van der Waals surface area contributed by atoms with E-state index in [1.807, 2.05) is 179 Å². The van der Waals surface area contributed by atoms with Crippen LogP contribution in [0.25, 0.3) is 0 Å². The third-order valence-corrected chi connectivity index (χ3v) is 14.7. The topological polar surface area (TPSA) is 148 Å². The van der Waals surface area contributed by atoms with Crippen molar-refractivity contribution in [2.45, 2.75) is 129 Å². The molecule has 94 heavy (non-hydrogen) atoms. The van der Waals surface area contributed by atoms with Crippen LogP contribution < -0.4 is 0 Å². The van der Waals surface area contributed by atoms with Crippen LogP contribution in [-0.4, -0.2) is 87.5 Å². The molecule has 5 aliphatic rings. The average molecular weight is 1270 g/mol. The van der Waals surface area contributed by atoms with E-state index in [2.05, 4.69) is 74.5 Å². The Labute approximate surface area is 557 Å². The summed E-state index contributed by atoms with van der Waals surface area (Å²) in [5, 5.41) is 0. The average Bonchev–Trinajstić information content (AvgIpc) is 1.17. The number of benzene rings is 5. The minimum atomic E-state index is -0.344. The lowest BCUT2D eigenvalue weighted by atomic mass is 9.98. The van der Waals surface area contributed by atoms with Crippen LogP contribution in [0.4, 0.5) is 24.0 Å². The third kappa shape index (κ3) is 25.9. The van der Waals surface area contributed by atoms with Crippen LogP contribution in [0.2, 0.25) is 0 Å². The maximum atomic E-state index is 11.9. The molecule has 5 amide bonds. The molecule has 5 heterocycles. The molecule has 15 nitrogen and oxygen atoms in total. The highest BCUT2D eigenvalue weighted by atomic mass is 16.6. The van der Waals surface area contributed by atoms with Gasteiger partial charge in [-0.3, -0.25) is 24.5 Å². The zero-order chi connectivity index (χ0) is 67.0. The van der Waals surface area contributed by atoms with Crippen LogP contribution in [0.1, 0.15) is 150 Å². The Hall–Kier alpha value is -10.2. The molecule has 5 aromatic rings. The second kappa shape index (κ2) is 42.1. The molecule has 0 radical (unpaired) electrons. The molecule has 15 heteroatoms. The summed E-state index contributed by atoms with van der Waals surface area (Å²) < 4.78 is 25.6. The first-order valence-electron chi connectivity index (χ1n) is 32.8. The lowest BCUT2D eigenvalue weighted by Crippen LogP contribution is -2.25. The summed E-state index contributed by atoms with van der Waals surface area (Å²) in [5.74, 6) is 1.11. The van der Waals surface area contributed by atoms with Crippen molar-refractivity contribution in [1.82, 2.24) is 24.5 Å². The molecular formula is C79H93N5O10. The van der Waals surface area contributed by atoms with Crippen LogP contribution in [0, 0.1) is 0 Å². The van der Waals surface area contributed by atoms with E-state index in [-0.39, 0.29) is 66.2 Å². The Morgan fingerprint density at radius 2 is 0.511 bits per heavy atom. The van der Waals surface area contributed by atoms with Crippen molar-refractivity contribution < 1.29 is 47.7 Å². The molecule has 0 bridgehead atoms. The van der Waals surface area contributed by atoms with E-state index < -0.39 is 0 Å². The Morgan fingerprint density at radius 1 is 0.287 bits per heavy atom. The van der Waals surface area contributed by atoms with Crippen molar-refractivity contribution in [2.75, 3.05) is 26.4 Å². The number of hydrogen-bond donors (Lipinski definition) is 0. The van der Waals surface area contributed by atoms with Crippen molar-refractivity contribution in [3.8, 4) is 0 Å². The molecule has 0 saturated heterocycles. The molecule has 0 aliphatic carbocycles. The second-order valence-electron chi connectivity index (χ2n) is 22.4. The number of nitrogens with zero attached hydrogens (tertiary/aromatic N) is 5. The van der Waals surface area contributed by atoms with Crippen molar-refractivity contribution in [1.29, 1.82) is 0 Å². The van der Waals surface area contributed by atoms with E-state index in [1.165, 1.54) is 65.2 Å². The summed E-state index contributed by atoms with van der Waals surface area (Å²) in [6, 6.07) is 50.9. The molecule has 0 N–H and O–H groups in total. The number of hydrogen-bond acceptors (Lipinski definition) is 10. The van der Waals surface area contributed by atoms with Crippen molar-refractivity contribution in [2.24, 2.45) is 0 Å². The Bertz CT molecular complexity index is 3200. The van der Waals surface area contributed by atoms with E-state index >= 15 is 0 Å². The monoisotopic (exact) mass is 1270 g/mol. The van der Waals surface area contributed by atoms with Gasteiger partial charge in [0.05, 0.1) is 32.5 Å². The fraction of sp³-hybridized carbons (Fsp3) is 0.304. The first-order chi connectivity index (χ1) is 45.9. The van der Waals surface area contributed by atoms with E-state index in [1.54, 1.807) is 62.0 Å². The molecule has 0 aromatic heterocycles. The van der Waals surface area contributed by atoms with Gasteiger partial charge in [0.2, 0.25) is 0 Å². The van der Waals surface area contributed by atoms with Crippen LogP contribution >= 0.6 is 0 Å². The fourth-order valence-electron chi connectivity index (χ4n) is 9.45. The Balaban J connectivity index is 0.000000186. The summed E-state index contributed by atoms with van der Waals surface area (Å²) in [6.07, 6.45) is 43.9. The zero-order valence-electron chi connectivity index (χ0n) is 55.2. The smallest absolute Gasteiger partial charge is 0.418 e. The molecule has 0 fully saturated rings. The van der Waals surface area contributed by atoms with Crippen LogP contribution in [0.3, 0.4) is 0 Å². The normalized spacial score (nSPS) is 14.8. The minimum absolute atomic E-state index is 0.105. The summed E-state index contributed by atoms with van der Waals surface area (Å²) in [5.41, 5.74) is 6.08. The minimum Gasteiger partial charge on any atom is -0.449 e. The molecule has 0 unspecified atom stereocenters. The Morgan fingerprint density at radius 3 is 0.734 bits per heavy atom. The number of carbonyl (C=O) groups excluding carboxylic acids is 5. The lowest BCUT2D eigenvalue weighted by molar-refractivity contribution is 0.0980. The van der Waals surface area contributed by atoms with Crippen molar-refractivity contribution >= 4 is 30.5 Å². The number of amides is 5. The Kier molecular flexibility index (Phi) is 32.6. The molecule has 5 aromatic carbocycles. The van der Waals surface area contributed by atoms with Crippen LogP contribution in [-0.2, 0) is 23.7 Å². The molecule has 0 saturated carbocycles. The second-order valence-corrected chi connectivity index (χ2v) is 22.4. The molecular weight excluding hydrogens is 1180 g/mol. The van der Waals surface area contributed by atoms with Gasteiger partial charge < -0.3 is 23.7 Å². The number of allylic oxidation sites excluding steroid dienone is 10. The van der Waals surface area contributed by atoms with Crippen LogP contribution in [0.15, 0.2) is 274 Å². The largest absolute Gasteiger partial charge is 0.449 e. The highest BCUT2D eigenvalue weighted by Crippen LogP contribution is 2.27. The highest BCUT2D eigenvalue weighted by molar-refractivity contribution is 5.73. The van der Waals surface area contributed by atoms with Gasteiger partial charge in [-0.05, 0) is 67.3 Å². The van der Waals surface area contributed by atoms with Crippen molar-refractivity contribution in [3.63, 3.8) is 0 Å². The van der Waals surface area contributed by atoms with Gasteiger partial charge in [-0.1, -0.05) is 266 Å². The quantitative estimate of drug-likeness (QED) is 0.0613. The number of carbonyl (C=O) groups is 5. The van der Waals surface area contributed by atoms with Gasteiger partial charge in [-0.15, -0.1) is 0 Å². The number of rotatable bonds is 18.